The molecule has 3 atom stereocenters. The average Bonchev–Trinajstić information content (AvgIpc) is 3.09. The van der Waals surface area contributed by atoms with Crippen molar-refractivity contribution in [3.8, 4) is 17.2 Å². The molecule has 2 N–H and O–H groups in total. The molecule has 186 valence electrons. The summed E-state index contributed by atoms with van der Waals surface area (Å²) in [7, 11) is 4.79. The van der Waals surface area contributed by atoms with E-state index in [0.29, 0.717) is 23.7 Å². The fourth-order valence-corrected chi connectivity index (χ4v) is 5.27. The number of nitrogens with one attached hydrogen (secondary N) is 2. The van der Waals surface area contributed by atoms with E-state index in [2.05, 4.69) is 54.0 Å². The highest BCUT2D eigenvalue weighted by Gasteiger charge is 2.40. The van der Waals surface area contributed by atoms with Crippen LogP contribution in [0.4, 0.5) is 11.4 Å². The number of rotatable bonds is 6. The van der Waals surface area contributed by atoms with Crippen molar-refractivity contribution in [1.82, 2.24) is 0 Å². The molecule has 2 aliphatic rings. The largest absolute Gasteiger partial charge is 0.493 e. The molecule has 6 nitrogen and oxygen atoms in total. The van der Waals surface area contributed by atoms with Crippen LogP contribution in [-0.2, 0) is 11.2 Å². The van der Waals surface area contributed by atoms with E-state index in [9.17, 15) is 4.79 Å². The van der Waals surface area contributed by atoms with Gasteiger partial charge in [0.2, 0.25) is 5.75 Å². The van der Waals surface area contributed by atoms with E-state index in [0.717, 1.165) is 34.6 Å². The van der Waals surface area contributed by atoms with Gasteiger partial charge in [-0.05, 0) is 47.4 Å². The smallest absolute Gasteiger partial charge is 0.203 e. The van der Waals surface area contributed by atoms with Crippen LogP contribution in [0.15, 0.2) is 72.4 Å². The van der Waals surface area contributed by atoms with E-state index in [4.69, 9.17) is 14.2 Å². The lowest BCUT2D eigenvalue weighted by Gasteiger charge is -2.32. The predicted octanol–water partition coefficient (Wildman–Crippen LogP) is 6.11. The summed E-state index contributed by atoms with van der Waals surface area (Å²) in [6, 6.07) is 20.4. The third kappa shape index (κ3) is 4.28. The zero-order valence-electron chi connectivity index (χ0n) is 21.1. The molecule has 0 spiro atoms. The zero-order valence-corrected chi connectivity index (χ0v) is 21.1. The van der Waals surface area contributed by atoms with Crippen LogP contribution in [0.25, 0.3) is 0 Å². The first-order valence-corrected chi connectivity index (χ1v) is 12.3. The monoisotopic (exact) mass is 484 g/mol. The molecule has 36 heavy (non-hydrogen) atoms. The maximum Gasteiger partial charge on any atom is 0.203 e. The molecule has 0 bridgehead atoms. The number of Topliss-reactive ketones (excluding diaryl/α,β-unsaturated/α-hetero) is 1. The second-order valence-corrected chi connectivity index (χ2v) is 9.22. The van der Waals surface area contributed by atoms with Gasteiger partial charge >= 0.3 is 0 Å². The Balaban J connectivity index is 1.60. The minimum Gasteiger partial charge on any atom is -0.493 e. The van der Waals surface area contributed by atoms with Crippen molar-refractivity contribution >= 4 is 17.2 Å². The van der Waals surface area contributed by atoms with Gasteiger partial charge in [0, 0.05) is 18.0 Å². The molecule has 0 fully saturated rings. The van der Waals surface area contributed by atoms with Crippen LogP contribution < -0.4 is 24.8 Å². The molecule has 0 amide bonds. The minimum atomic E-state index is -0.330. The molecular formula is C30H32N2O4. The van der Waals surface area contributed by atoms with Crippen molar-refractivity contribution in [3.05, 3.63) is 89.1 Å². The summed E-state index contributed by atoms with van der Waals surface area (Å²) in [4.78, 5) is 13.8. The Morgan fingerprint density at radius 1 is 0.861 bits per heavy atom. The highest BCUT2D eigenvalue weighted by molar-refractivity contribution is 5.90. The highest BCUT2D eigenvalue weighted by atomic mass is 16.5. The Labute approximate surface area is 212 Å². The third-order valence-corrected chi connectivity index (χ3v) is 7.20. The number of ketones is 1. The lowest BCUT2D eigenvalue weighted by molar-refractivity contribution is -0.122. The van der Waals surface area contributed by atoms with Gasteiger partial charge in [-0.25, -0.2) is 0 Å². The molecule has 0 aromatic heterocycles. The number of fused-ring (bicyclic) bond motifs is 2. The molecule has 6 heteroatoms. The number of anilines is 2. The SMILES string of the molecule is CCc1ccc(C2Nc3ccccc3NC3=CC(c4cc(OC)c(OC)c(OC)c4)CC(=O)C32)cc1. The van der Waals surface area contributed by atoms with Crippen molar-refractivity contribution in [2.75, 3.05) is 32.0 Å². The van der Waals surface area contributed by atoms with Gasteiger partial charge in [0.15, 0.2) is 11.5 Å². The summed E-state index contributed by atoms with van der Waals surface area (Å²) < 4.78 is 16.6. The summed E-state index contributed by atoms with van der Waals surface area (Å²) in [6.45, 7) is 2.15. The molecule has 0 saturated heterocycles. The summed E-state index contributed by atoms with van der Waals surface area (Å²) in [5.41, 5.74) is 6.17. The topological polar surface area (TPSA) is 68.8 Å². The first kappa shape index (κ1) is 23.8. The molecule has 0 saturated carbocycles. The van der Waals surface area contributed by atoms with Crippen LogP contribution in [0, 0.1) is 5.92 Å². The van der Waals surface area contributed by atoms with Crippen molar-refractivity contribution in [3.63, 3.8) is 0 Å². The van der Waals surface area contributed by atoms with Gasteiger partial charge in [0.25, 0.3) is 0 Å². The van der Waals surface area contributed by atoms with Gasteiger partial charge in [-0.1, -0.05) is 49.4 Å². The van der Waals surface area contributed by atoms with Gasteiger partial charge in [0.1, 0.15) is 5.78 Å². The maximum absolute atomic E-state index is 13.8. The fourth-order valence-electron chi connectivity index (χ4n) is 5.27. The molecule has 0 radical (unpaired) electrons. The second kappa shape index (κ2) is 9.97. The van der Waals surface area contributed by atoms with Crippen molar-refractivity contribution < 1.29 is 19.0 Å². The standard InChI is InChI=1S/C30H32N2O4/c1-5-18-10-12-19(13-11-18)29-28-24(31-22-8-6-7-9-23(22)32-29)14-20(15-25(28)33)21-16-26(34-2)30(36-4)27(17-21)35-3/h6-14,16-17,20,28-29,31-32H,5,15H2,1-4H3. The van der Waals surface area contributed by atoms with E-state index < -0.39 is 0 Å². The van der Waals surface area contributed by atoms with Gasteiger partial charge < -0.3 is 24.8 Å². The molecule has 1 aliphatic carbocycles. The van der Waals surface area contributed by atoms with Crippen molar-refractivity contribution in [2.24, 2.45) is 5.92 Å². The Morgan fingerprint density at radius 2 is 1.53 bits per heavy atom. The average molecular weight is 485 g/mol. The second-order valence-electron chi connectivity index (χ2n) is 9.22. The van der Waals surface area contributed by atoms with Crippen LogP contribution in [0.1, 0.15) is 42.0 Å². The number of carbonyl (C=O) groups is 1. The Kier molecular flexibility index (Phi) is 6.59. The summed E-state index contributed by atoms with van der Waals surface area (Å²) >= 11 is 0. The number of ether oxygens (including phenoxy) is 3. The third-order valence-electron chi connectivity index (χ3n) is 7.20. The summed E-state index contributed by atoms with van der Waals surface area (Å²) in [5, 5.41) is 7.25. The fraction of sp³-hybridized carbons (Fsp3) is 0.300. The number of para-hydroxylation sites is 2. The number of benzene rings is 3. The Morgan fingerprint density at radius 3 is 2.14 bits per heavy atom. The van der Waals surface area contributed by atoms with E-state index in [1.807, 2.05) is 30.3 Å². The quantitative estimate of drug-likeness (QED) is 0.440. The first-order chi connectivity index (χ1) is 17.6. The Hall–Kier alpha value is -3.93. The lowest BCUT2D eigenvalue weighted by Crippen LogP contribution is -2.33. The van der Waals surface area contributed by atoms with Crippen LogP contribution in [-0.4, -0.2) is 27.1 Å². The van der Waals surface area contributed by atoms with Gasteiger partial charge in [-0.15, -0.1) is 0 Å². The number of carbonyl (C=O) groups excluding carboxylic acids is 1. The zero-order chi connectivity index (χ0) is 25.2. The van der Waals surface area contributed by atoms with Gasteiger partial charge in [-0.2, -0.15) is 0 Å². The summed E-state index contributed by atoms with van der Waals surface area (Å²) in [6.07, 6.45) is 3.55. The van der Waals surface area contributed by atoms with Crippen molar-refractivity contribution in [1.29, 1.82) is 0 Å². The van der Waals surface area contributed by atoms with E-state index >= 15 is 0 Å². The number of methoxy groups -OCH3 is 3. The van der Waals surface area contributed by atoms with Crippen LogP contribution in [0.5, 0.6) is 17.2 Å². The molecule has 3 aromatic rings. The summed E-state index contributed by atoms with van der Waals surface area (Å²) in [5.74, 6) is 1.42. The lowest BCUT2D eigenvalue weighted by atomic mass is 9.76. The van der Waals surface area contributed by atoms with E-state index in [-0.39, 0.29) is 23.7 Å². The molecular weight excluding hydrogens is 452 g/mol. The van der Waals surface area contributed by atoms with Crippen LogP contribution >= 0.6 is 0 Å². The number of allylic oxidation sites excluding steroid dienone is 1. The molecule has 3 aromatic carbocycles. The predicted molar refractivity (Wildman–Crippen MR) is 142 cm³/mol. The highest BCUT2D eigenvalue weighted by Crippen LogP contribution is 2.46. The van der Waals surface area contributed by atoms with Crippen molar-refractivity contribution in [2.45, 2.75) is 31.7 Å². The van der Waals surface area contributed by atoms with Gasteiger partial charge in [0.05, 0.1) is 44.7 Å². The molecule has 3 unspecified atom stereocenters. The Bertz CT molecular complexity index is 1270. The minimum absolute atomic E-state index is 0.127. The molecule has 1 heterocycles. The van der Waals surface area contributed by atoms with Crippen LogP contribution in [0.3, 0.4) is 0 Å². The molecule has 5 rings (SSSR count). The van der Waals surface area contributed by atoms with E-state index in [1.165, 1.54) is 5.56 Å². The number of aryl methyl sites for hydroxylation is 1. The molecule has 1 aliphatic heterocycles. The van der Waals surface area contributed by atoms with Gasteiger partial charge in [-0.3, -0.25) is 4.79 Å². The number of hydrogen-bond donors (Lipinski definition) is 2. The first-order valence-electron chi connectivity index (χ1n) is 12.3. The van der Waals surface area contributed by atoms with E-state index in [1.54, 1.807) is 21.3 Å². The maximum atomic E-state index is 13.8. The van der Waals surface area contributed by atoms with Crippen LogP contribution in [0.2, 0.25) is 0 Å². The number of hydrogen-bond acceptors (Lipinski definition) is 6. The normalized spacial score (nSPS) is 20.6.